The van der Waals surface area contributed by atoms with Crippen molar-refractivity contribution in [2.75, 3.05) is 0 Å². The van der Waals surface area contributed by atoms with Crippen LogP contribution in [0, 0.1) is 0 Å². The summed E-state index contributed by atoms with van der Waals surface area (Å²) in [7, 11) is 0. The number of hydrogen-bond donors (Lipinski definition) is 1. The Labute approximate surface area is 128 Å². The standard InChI is InChI=1S/C16H17N3OS/c20-16(14-9-11-3-1-2-4-13(11)21-14)18-12-5-6-15-17-7-8-19(15)10-12/h1-4,7-8,12,14H,5-6,9-10H2,(H,18,20)/t12-,14+/m1/s1. The minimum absolute atomic E-state index is 0.0200. The topological polar surface area (TPSA) is 46.9 Å². The molecule has 1 aromatic heterocycles. The van der Waals surface area contributed by atoms with Crippen LogP contribution in [0.15, 0.2) is 41.6 Å². The number of amides is 1. The van der Waals surface area contributed by atoms with Gasteiger partial charge in [-0.2, -0.15) is 0 Å². The second-order valence-electron chi connectivity index (χ2n) is 5.66. The maximum absolute atomic E-state index is 12.5. The van der Waals surface area contributed by atoms with Gasteiger partial charge in [0.25, 0.3) is 0 Å². The zero-order valence-electron chi connectivity index (χ0n) is 11.7. The summed E-state index contributed by atoms with van der Waals surface area (Å²) in [4.78, 5) is 18.0. The van der Waals surface area contributed by atoms with E-state index in [9.17, 15) is 4.79 Å². The highest BCUT2D eigenvalue weighted by Crippen LogP contribution is 2.36. The Kier molecular flexibility index (Phi) is 3.22. The number of imidazole rings is 1. The van der Waals surface area contributed by atoms with Crippen LogP contribution in [0.1, 0.15) is 17.8 Å². The first-order chi connectivity index (χ1) is 10.3. The molecule has 108 valence electrons. The Hall–Kier alpha value is -1.75. The smallest absolute Gasteiger partial charge is 0.234 e. The van der Waals surface area contributed by atoms with Gasteiger partial charge in [0.05, 0.1) is 5.25 Å². The van der Waals surface area contributed by atoms with Crippen molar-refractivity contribution in [2.45, 2.75) is 42.0 Å². The van der Waals surface area contributed by atoms with E-state index in [1.54, 1.807) is 11.8 Å². The van der Waals surface area contributed by atoms with E-state index < -0.39 is 0 Å². The van der Waals surface area contributed by atoms with Crippen LogP contribution in [0.3, 0.4) is 0 Å². The second-order valence-corrected chi connectivity index (χ2v) is 6.90. The van der Waals surface area contributed by atoms with E-state index in [1.807, 2.05) is 24.5 Å². The van der Waals surface area contributed by atoms with Crippen molar-refractivity contribution in [3.63, 3.8) is 0 Å². The lowest BCUT2D eigenvalue weighted by molar-refractivity contribution is -0.121. The number of carbonyl (C=O) groups is 1. The third-order valence-corrected chi connectivity index (χ3v) is 5.54. The molecule has 2 aromatic rings. The normalized spacial score (nSPS) is 23.4. The molecule has 0 aliphatic carbocycles. The molecule has 0 fully saturated rings. The van der Waals surface area contributed by atoms with Gasteiger partial charge in [-0.1, -0.05) is 18.2 Å². The monoisotopic (exact) mass is 299 g/mol. The number of hydrogen-bond acceptors (Lipinski definition) is 3. The van der Waals surface area contributed by atoms with Crippen molar-refractivity contribution in [3.8, 4) is 0 Å². The maximum Gasteiger partial charge on any atom is 0.234 e. The molecule has 4 rings (SSSR count). The first-order valence-corrected chi connectivity index (χ1v) is 8.22. The van der Waals surface area contributed by atoms with Crippen LogP contribution in [-0.2, 0) is 24.2 Å². The highest BCUT2D eigenvalue weighted by atomic mass is 32.2. The van der Waals surface area contributed by atoms with Gasteiger partial charge in [0.15, 0.2) is 0 Å². The number of benzene rings is 1. The van der Waals surface area contributed by atoms with Crippen LogP contribution >= 0.6 is 11.8 Å². The number of thioether (sulfide) groups is 1. The third-order valence-electron chi connectivity index (χ3n) is 4.22. The number of aromatic nitrogens is 2. The fraction of sp³-hybridized carbons (Fsp3) is 0.375. The van der Waals surface area contributed by atoms with Gasteiger partial charge in [0.2, 0.25) is 5.91 Å². The molecular formula is C16H17N3OS. The molecule has 0 bridgehead atoms. The molecule has 0 saturated carbocycles. The molecule has 1 aromatic carbocycles. The molecule has 2 atom stereocenters. The van der Waals surface area contributed by atoms with E-state index in [4.69, 9.17) is 0 Å². The predicted octanol–water partition coefficient (Wildman–Crippen LogP) is 2.03. The van der Waals surface area contributed by atoms with E-state index in [2.05, 4.69) is 27.0 Å². The molecule has 2 aliphatic rings. The highest BCUT2D eigenvalue weighted by Gasteiger charge is 2.30. The molecule has 0 spiro atoms. The lowest BCUT2D eigenvalue weighted by Gasteiger charge is -2.25. The zero-order valence-corrected chi connectivity index (χ0v) is 12.5. The summed E-state index contributed by atoms with van der Waals surface area (Å²) in [5.41, 5.74) is 1.29. The average molecular weight is 299 g/mol. The summed E-state index contributed by atoms with van der Waals surface area (Å²) < 4.78 is 2.14. The minimum Gasteiger partial charge on any atom is -0.351 e. The summed E-state index contributed by atoms with van der Waals surface area (Å²) >= 11 is 1.69. The Morgan fingerprint density at radius 1 is 1.38 bits per heavy atom. The Morgan fingerprint density at radius 3 is 3.19 bits per heavy atom. The minimum atomic E-state index is 0.0200. The quantitative estimate of drug-likeness (QED) is 0.923. The molecule has 0 saturated heterocycles. The molecule has 1 N–H and O–H groups in total. The summed E-state index contributed by atoms with van der Waals surface area (Å²) in [5.74, 6) is 1.30. The fourth-order valence-corrected chi connectivity index (χ4v) is 4.31. The van der Waals surface area contributed by atoms with Gasteiger partial charge < -0.3 is 9.88 Å². The molecular weight excluding hydrogens is 282 g/mol. The van der Waals surface area contributed by atoms with Crippen molar-refractivity contribution < 1.29 is 4.79 Å². The van der Waals surface area contributed by atoms with Gasteiger partial charge in [-0.3, -0.25) is 4.79 Å². The second kappa shape index (κ2) is 5.22. The number of aryl methyl sites for hydroxylation is 1. The van der Waals surface area contributed by atoms with E-state index in [-0.39, 0.29) is 17.2 Å². The van der Waals surface area contributed by atoms with Gasteiger partial charge in [-0.05, 0) is 24.5 Å². The Morgan fingerprint density at radius 2 is 2.29 bits per heavy atom. The summed E-state index contributed by atoms with van der Waals surface area (Å²) in [6.07, 6.45) is 6.59. The van der Waals surface area contributed by atoms with Crippen LogP contribution in [-0.4, -0.2) is 26.8 Å². The van der Waals surface area contributed by atoms with Crippen molar-refractivity contribution in [3.05, 3.63) is 48.0 Å². The van der Waals surface area contributed by atoms with E-state index in [0.717, 1.165) is 31.6 Å². The first kappa shape index (κ1) is 13.0. The lowest BCUT2D eigenvalue weighted by Crippen LogP contribution is -2.44. The SMILES string of the molecule is O=C(N[C@@H]1CCc2nccn2C1)[C@@H]1Cc2ccccc2S1. The number of rotatable bonds is 2. The van der Waals surface area contributed by atoms with Crippen LogP contribution in [0.5, 0.6) is 0 Å². The molecule has 0 radical (unpaired) electrons. The Bertz CT molecular complexity index is 657. The van der Waals surface area contributed by atoms with E-state index >= 15 is 0 Å². The van der Waals surface area contributed by atoms with Crippen LogP contribution < -0.4 is 5.32 Å². The largest absolute Gasteiger partial charge is 0.351 e. The van der Waals surface area contributed by atoms with Crippen LogP contribution in [0.2, 0.25) is 0 Å². The molecule has 3 heterocycles. The molecule has 1 amide bonds. The summed E-state index contributed by atoms with van der Waals surface area (Å²) in [6, 6.07) is 8.53. The number of carbonyl (C=O) groups excluding carboxylic acids is 1. The van der Waals surface area contributed by atoms with Crippen LogP contribution in [0.25, 0.3) is 0 Å². The third kappa shape index (κ3) is 2.46. The maximum atomic E-state index is 12.5. The van der Waals surface area contributed by atoms with Gasteiger partial charge >= 0.3 is 0 Å². The van der Waals surface area contributed by atoms with Crippen molar-refractivity contribution in [1.29, 1.82) is 0 Å². The van der Waals surface area contributed by atoms with Gasteiger partial charge in [0.1, 0.15) is 5.82 Å². The molecule has 2 aliphatic heterocycles. The average Bonchev–Trinajstić information content (AvgIpc) is 3.13. The lowest BCUT2D eigenvalue weighted by atomic mass is 10.1. The molecule has 5 heteroatoms. The zero-order chi connectivity index (χ0) is 14.2. The van der Waals surface area contributed by atoms with Crippen molar-refractivity contribution in [2.24, 2.45) is 0 Å². The summed E-state index contributed by atoms with van der Waals surface area (Å²) in [6.45, 7) is 0.839. The van der Waals surface area contributed by atoms with E-state index in [1.165, 1.54) is 10.5 Å². The van der Waals surface area contributed by atoms with Gasteiger partial charge in [-0.15, -0.1) is 11.8 Å². The van der Waals surface area contributed by atoms with E-state index in [0.29, 0.717) is 0 Å². The van der Waals surface area contributed by atoms with Crippen LogP contribution in [0.4, 0.5) is 0 Å². The number of fused-ring (bicyclic) bond motifs is 2. The van der Waals surface area contributed by atoms with Crippen molar-refractivity contribution >= 4 is 17.7 Å². The molecule has 0 unspecified atom stereocenters. The fourth-order valence-electron chi connectivity index (χ4n) is 3.11. The Balaban J connectivity index is 1.40. The first-order valence-electron chi connectivity index (χ1n) is 7.34. The molecule has 4 nitrogen and oxygen atoms in total. The molecule has 21 heavy (non-hydrogen) atoms. The predicted molar refractivity (Wildman–Crippen MR) is 82.3 cm³/mol. The number of nitrogens with one attached hydrogen (secondary N) is 1. The number of nitrogens with zero attached hydrogens (tertiary/aromatic N) is 2. The van der Waals surface area contributed by atoms with Crippen molar-refractivity contribution in [1.82, 2.24) is 14.9 Å². The highest BCUT2D eigenvalue weighted by molar-refractivity contribution is 8.01. The van der Waals surface area contributed by atoms with Gasteiger partial charge in [-0.25, -0.2) is 4.98 Å². The van der Waals surface area contributed by atoms with Gasteiger partial charge in [0, 0.05) is 36.3 Å². The summed E-state index contributed by atoms with van der Waals surface area (Å²) in [5, 5.41) is 3.24.